The first-order chi connectivity index (χ1) is 29.7. The van der Waals surface area contributed by atoms with Crippen molar-refractivity contribution in [3.8, 4) is 22.3 Å². The highest BCUT2D eigenvalue weighted by atomic mass is 16.3. The molecule has 60 heavy (non-hydrogen) atoms. The van der Waals surface area contributed by atoms with Gasteiger partial charge in [-0.2, -0.15) is 0 Å². The molecule has 0 saturated heterocycles. The molecular weight excluding hydrogens is 735 g/mol. The van der Waals surface area contributed by atoms with E-state index < -0.39 is 0 Å². The molecule has 0 aliphatic carbocycles. The zero-order valence-corrected chi connectivity index (χ0v) is 32.2. The molecule has 10 aromatic carbocycles. The van der Waals surface area contributed by atoms with Crippen molar-refractivity contribution in [1.82, 2.24) is 0 Å². The third-order valence-electron chi connectivity index (χ3n) is 12.2. The molecule has 0 bridgehead atoms. The molecule has 0 atom stereocenters. The number of para-hydroxylation sites is 2. The van der Waals surface area contributed by atoms with Gasteiger partial charge in [-0.05, 0) is 88.1 Å². The minimum absolute atomic E-state index is 0.843. The third-order valence-corrected chi connectivity index (χ3v) is 12.2. The number of fused-ring (bicyclic) bond motifs is 13. The highest BCUT2D eigenvalue weighted by molar-refractivity contribution is 6.21. The number of hydrogen-bond acceptors (Lipinski definition) is 4. The Labute approximate surface area is 343 Å². The molecule has 0 amide bonds. The van der Waals surface area contributed by atoms with E-state index in [1.807, 2.05) is 12.1 Å². The lowest BCUT2D eigenvalue weighted by molar-refractivity contribution is 0.670. The Hall–Kier alpha value is -8.08. The average Bonchev–Trinajstić information content (AvgIpc) is 4.02. The number of benzene rings is 10. The van der Waals surface area contributed by atoms with E-state index in [-0.39, 0.29) is 0 Å². The Balaban J connectivity index is 1.02. The number of rotatable bonds is 5. The maximum absolute atomic E-state index is 6.73. The van der Waals surface area contributed by atoms with Gasteiger partial charge in [0.1, 0.15) is 33.5 Å². The van der Waals surface area contributed by atoms with Crippen LogP contribution in [-0.2, 0) is 0 Å². The van der Waals surface area contributed by atoms with E-state index in [1.54, 1.807) is 0 Å². The number of anilines is 3. The number of furan rings is 3. The standard InChI is InChI=1S/C56H33NO3/c1-3-15-41-34(11-1)27-31-46-52-40(18-9-23-50(52)59-55(41)46)37-13-7-14-39(33-37)57(48-21-10-24-51-53(48)47-32-28-35-12-2-4-16-42(35)56(47)60-51)38-29-25-36(26-30-38)43-19-8-20-45-44-17-5-6-22-49(44)58-54(43)45/h1-33H. The summed E-state index contributed by atoms with van der Waals surface area (Å²) < 4.78 is 19.8. The van der Waals surface area contributed by atoms with Crippen molar-refractivity contribution in [1.29, 1.82) is 0 Å². The van der Waals surface area contributed by atoms with E-state index >= 15 is 0 Å². The van der Waals surface area contributed by atoms with E-state index in [2.05, 4.69) is 193 Å². The molecule has 3 heterocycles. The van der Waals surface area contributed by atoms with Gasteiger partial charge in [-0.3, -0.25) is 0 Å². The summed E-state index contributed by atoms with van der Waals surface area (Å²) in [5, 5.41) is 11.1. The second-order valence-electron chi connectivity index (χ2n) is 15.6. The Kier molecular flexibility index (Phi) is 6.98. The van der Waals surface area contributed by atoms with Crippen LogP contribution < -0.4 is 4.90 Å². The van der Waals surface area contributed by atoms with Gasteiger partial charge in [-0.25, -0.2) is 0 Å². The maximum Gasteiger partial charge on any atom is 0.143 e. The second-order valence-corrected chi connectivity index (χ2v) is 15.6. The Morgan fingerprint density at radius 1 is 0.300 bits per heavy atom. The van der Waals surface area contributed by atoms with Gasteiger partial charge in [0, 0.05) is 54.6 Å². The zero-order valence-electron chi connectivity index (χ0n) is 32.2. The van der Waals surface area contributed by atoms with Crippen molar-refractivity contribution in [3.63, 3.8) is 0 Å². The summed E-state index contributed by atoms with van der Waals surface area (Å²) in [4.78, 5) is 2.36. The highest BCUT2D eigenvalue weighted by Gasteiger charge is 2.22. The molecule has 0 spiro atoms. The van der Waals surface area contributed by atoms with Crippen LogP contribution in [-0.4, -0.2) is 0 Å². The molecule has 4 heteroatoms. The maximum atomic E-state index is 6.73. The first kappa shape index (κ1) is 32.9. The second kappa shape index (κ2) is 12.7. The predicted octanol–water partition coefficient (Wildman–Crippen LogP) is 16.5. The molecule has 3 aromatic heterocycles. The van der Waals surface area contributed by atoms with Gasteiger partial charge in [0.15, 0.2) is 0 Å². The number of hydrogen-bond donors (Lipinski definition) is 0. The molecule has 13 aromatic rings. The largest absolute Gasteiger partial charge is 0.455 e. The van der Waals surface area contributed by atoms with Gasteiger partial charge in [-0.1, -0.05) is 140 Å². The summed E-state index contributed by atoms with van der Waals surface area (Å²) in [5.74, 6) is 0. The van der Waals surface area contributed by atoms with Crippen molar-refractivity contribution >= 4 is 104 Å². The molecule has 0 unspecified atom stereocenters. The van der Waals surface area contributed by atoms with Gasteiger partial charge in [0.2, 0.25) is 0 Å². The Bertz CT molecular complexity index is 3850. The van der Waals surface area contributed by atoms with Crippen LogP contribution in [0.4, 0.5) is 17.1 Å². The van der Waals surface area contributed by atoms with Crippen LogP contribution >= 0.6 is 0 Å². The van der Waals surface area contributed by atoms with E-state index in [4.69, 9.17) is 13.3 Å². The van der Waals surface area contributed by atoms with Crippen molar-refractivity contribution in [2.75, 3.05) is 4.90 Å². The third kappa shape index (κ3) is 4.85. The van der Waals surface area contributed by atoms with Crippen molar-refractivity contribution < 1.29 is 13.3 Å². The first-order valence-electron chi connectivity index (χ1n) is 20.3. The molecule has 0 N–H and O–H groups in total. The molecule has 4 nitrogen and oxygen atoms in total. The van der Waals surface area contributed by atoms with Gasteiger partial charge < -0.3 is 18.2 Å². The molecular formula is C56H33NO3. The van der Waals surface area contributed by atoms with Crippen molar-refractivity contribution in [2.24, 2.45) is 0 Å². The van der Waals surface area contributed by atoms with Gasteiger partial charge >= 0.3 is 0 Å². The number of nitrogens with zero attached hydrogens (tertiary/aromatic N) is 1. The molecule has 0 aliphatic rings. The highest BCUT2D eigenvalue weighted by Crippen LogP contribution is 2.47. The summed E-state index contributed by atoms with van der Waals surface area (Å²) in [6, 6.07) is 70.8. The predicted molar refractivity (Wildman–Crippen MR) is 249 cm³/mol. The Morgan fingerprint density at radius 2 is 0.867 bits per heavy atom. The lowest BCUT2D eigenvalue weighted by Crippen LogP contribution is -2.10. The minimum atomic E-state index is 0.843. The van der Waals surface area contributed by atoms with Crippen LogP contribution in [0.1, 0.15) is 0 Å². The monoisotopic (exact) mass is 767 g/mol. The lowest BCUT2D eigenvalue weighted by atomic mass is 9.97. The van der Waals surface area contributed by atoms with Crippen LogP contribution in [0, 0.1) is 0 Å². The van der Waals surface area contributed by atoms with Gasteiger partial charge in [-0.15, -0.1) is 0 Å². The normalized spacial score (nSPS) is 12.0. The summed E-state index contributed by atoms with van der Waals surface area (Å²) in [6.45, 7) is 0. The molecule has 0 radical (unpaired) electrons. The molecule has 13 rings (SSSR count). The topological polar surface area (TPSA) is 42.7 Å². The molecule has 0 saturated carbocycles. The summed E-state index contributed by atoms with van der Waals surface area (Å²) >= 11 is 0. The SMILES string of the molecule is c1cc(-c2cccc3oc4c5ccccc5ccc4c23)cc(N(c2ccc(-c3cccc4c3oc3ccccc34)cc2)c2cccc3oc4c5ccccc5ccc4c23)c1. The lowest BCUT2D eigenvalue weighted by Gasteiger charge is -2.27. The van der Waals surface area contributed by atoms with Crippen LogP contribution in [0.15, 0.2) is 213 Å². The fraction of sp³-hybridized carbons (Fsp3) is 0. The molecule has 0 fully saturated rings. The van der Waals surface area contributed by atoms with E-state index in [9.17, 15) is 0 Å². The van der Waals surface area contributed by atoms with Crippen molar-refractivity contribution in [2.45, 2.75) is 0 Å². The fourth-order valence-corrected chi connectivity index (χ4v) is 9.52. The van der Waals surface area contributed by atoms with Gasteiger partial charge in [0.25, 0.3) is 0 Å². The first-order valence-corrected chi connectivity index (χ1v) is 20.3. The zero-order chi connectivity index (χ0) is 39.3. The van der Waals surface area contributed by atoms with Crippen LogP contribution in [0.3, 0.4) is 0 Å². The smallest absolute Gasteiger partial charge is 0.143 e. The summed E-state index contributed by atoms with van der Waals surface area (Å²) in [5.41, 5.74) is 12.8. The fourth-order valence-electron chi connectivity index (χ4n) is 9.52. The average molecular weight is 768 g/mol. The quantitative estimate of drug-likeness (QED) is 0.175. The van der Waals surface area contributed by atoms with Crippen LogP contribution in [0.5, 0.6) is 0 Å². The minimum Gasteiger partial charge on any atom is -0.455 e. The van der Waals surface area contributed by atoms with Gasteiger partial charge in [0.05, 0.1) is 11.1 Å². The van der Waals surface area contributed by atoms with E-state index in [0.29, 0.717) is 0 Å². The Morgan fingerprint density at radius 3 is 1.63 bits per heavy atom. The molecule has 280 valence electrons. The van der Waals surface area contributed by atoms with Crippen LogP contribution in [0.2, 0.25) is 0 Å². The van der Waals surface area contributed by atoms with E-state index in [1.165, 1.54) is 0 Å². The summed E-state index contributed by atoms with van der Waals surface area (Å²) in [6.07, 6.45) is 0. The van der Waals surface area contributed by atoms with E-state index in [0.717, 1.165) is 127 Å². The molecule has 0 aliphatic heterocycles. The van der Waals surface area contributed by atoms with Crippen LogP contribution in [0.25, 0.3) is 110 Å². The summed E-state index contributed by atoms with van der Waals surface area (Å²) in [7, 11) is 0. The van der Waals surface area contributed by atoms with Crippen molar-refractivity contribution in [3.05, 3.63) is 200 Å².